The number of hydrogen-bond acceptors (Lipinski definition) is 1. The van der Waals surface area contributed by atoms with Crippen LogP contribution in [0, 0.1) is 11.7 Å². The molecule has 0 unspecified atom stereocenters. The fourth-order valence-corrected chi connectivity index (χ4v) is 2.41. The Labute approximate surface area is 125 Å². The van der Waals surface area contributed by atoms with E-state index in [1.165, 1.54) is 6.07 Å². The molecule has 110 valence electrons. The number of rotatable bonds is 5. The lowest BCUT2D eigenvalue weighted by molar-refractivity contribution is -0.118. The normalized spacial score (nSPS) is 13.5. The summed E-state index contributed by atoms with van der Waals surface area (Å²) in [6.45, 7) is 4.09. The van der Waals surface area contributed by atoms with E-state index in [9.17, 15) is 9.18 Å². The SMILES string of the molecule is CC[C@@H](C)[C@H](C(=O)Nc1ccccc1F)c1ccccc1. The molecular formula is C18H20FNO. The lowest BCUT2D eigenvalue weighted by Crippen LogP contribution is -2.26. The van der Waals surface area contributed by atoms with E-state index in [0.29, 0.717) is 0 Å². The molecular weight excluding hydrogens is 265 g/mol. The number of para-hydroxylation sites is 1. The monoisotopic (exact) mass is 285 g/mol. The Morgan fingerprint density at radius 1 is 1.10 bits per heavy atom. The summed E-state index contributed by atoms with van der Waals surface area (Å²) in [6.07, 6.45) is 0.879. The van der Waals surface area contributed by atoms with E-state index in [1.54, 1.807) is 18.2 Å². The van der Waals surface area contributed by atoms with Crippen molar-refractivity contribution in [2.75, 3.05) is 5.32 Å². The van der Waals surface area contributed by atoms with Crippen molar-refractivity contribution in [1.82, 2.24) is 0 Å². The maximum Gasteiger partial charge on any atom is 0.232 e. The van der Waals surface area contributed by atoms with Gasteiger partial charge in [0.1, 0.15) is 5.82 Å². The molecule has 0 aromatic heterocycles. The van der Waals surface area contributed by atoms with Gasteiger partial charge in [-0.2, -0.15) is 0 Å². The van der Waals surface area contributed by atoms with Crippen LogP contribution >= 0.6 is 0 Å². The zero-order chi connectivity index (χ0) is 15.2. The first-order valence-electron chi connectivity index (χ1n) is 7.23. The fraction of sp³-hybridized carbons (Fsp3) is 0.278. The summed E-state index contributed by atoms with van der Waals surface area (Å²) in [6, 6.07) is 15.9. The molecule has 0 heterocycles. The zero-order valence-corrected chi connectivity index (χ0v) is 12.3. The van der Waals surface area contributed by atoms with Gasteiger partial charge in [-0.05, 0) is 23.6 Å². The Morgan fingerprint density at radius 3 is 2.33 bits per heavy atom. The number of hydrogen-bond donors (Lipinski definition) is 1. The van der Waals surface area contributed by atoms with Crippen molar-refractivity contribution in [3.63, 3.8) is 0 Å². The number of carbonyl (C=O) groups is 1. The van der Waals surface area contributed by atoms with Gasteiger partial charge in [-0.1, -0.05) is 62.7 Å². The van der Waals surface area contributed by atoms with Gasteiger partial charge in [0.15, 0.2) is 0 Å². The van der Waals surface area contributed by atoms with Crippen LogP contribution in [0.1, 0.15) is 31.7 Å². The molecule has 0 aliphatic heterocycles. The third kappa shape index (κ3) is 3.69. The second-order valence-corrected chi connectivity index (χ2v) is 5.24. The van der Waals surface area contributed by atoms with Crippen LogP contribution < -0.4 is 5.32 Å². The highest BCUT2D eigenvalue weighted by atomic mass is 19.1. The van der Waals surface area contributed by atoms with Gasteiger partial charge < -0.3 is 5.32 Å². The molecule has 0 bridgehead atoms. The van der Waals surface area contributed by atoms with E-state index >= 15 is 0 Å². The number of anilines is 1. The average molecular weight is 285 g/mol. The van der Waals surface area contributed by atoms with Crippen molar-refractivity contribution in [2.45, 2.75) is 26.2 Å². The summed E-state index contributed by atoms with van der Waals surface area (Å²) in [5, 5.41) is 2.71. The van der Waals surface area contributed by atoms with Crippen LogP contribution in [0.2, 0.25) is 0 Å². The smallest absolute Gasteiger partial charge is 0.232 e. The van der Waals surface area contributed by atoms with Crippen LogP contribution in [0.15, 0.2) is 54.6 Å². The van der Waals surface area contributed by atoms with Gasteiger partial charge in [-0.15, -0.1) is 0 Å². The maximum absolute atomic E-state index is 13.7. The van der Waals surface area contributed by atoms with Gasteiger partial charge in [-0.25, -0.2) is 4.39 Å². The zero-order valence-electron chi connectivity index (χ0n) is 12.3. The second-order valence-electron chi connectivity index (χ2n) is 5.24. The topological polar surface area (TPSA) is 29.1 Å². The minimum absolute atomic E-state index is 0.166. The van der Waals surface area contributed by atoms with Crippen molar-refractivity contribution in [3.8, 4) is 0 Å². The Balaban J connectivity index is 2.25. The Kier molecular flexibility index (Phi) is 5.09. The van der Waals surface area contributed by atoms with Crippen LogP contribution in [-0.4, -0.2) is 5.91 Å². The molecule has 0 saturated heterocycles. The standard InChI is InChI=1S/C18H20FNO/c1-3-13(2)17(14-9-5-4-6-10-14)18(21)20-16-12-8-7-11-15(16)19/h4-13,17H,3H2,1-2H3,(H,20,21)/t13-,17+/m1/s1. The summed E-state index contributed by atoms with van der Waals surface area (Å²) in [7, 11) is 0. The Hall–Kier alpha value is -2.16. The van der Waals surface area contributed by atoms with Gasteiger partial charge >= 0.3 is 0 Å². The minimum Gasteiger partial charge on any atom is -0.323 e. The molecule has 2 rings (SSSR count). The van der Waals surface area contributed by atoms with Crippen molar-refractivity contribution in [3.05, 3.63) is 66.0 Å². The number of carbonyl (C=O) groups excluding carboxylic acids is 1. The highest BCUT2D eigenvalue weighted by Gasteiger charge is 2.26. The quantitative estimate of drug-likeness (QED) is 0.855. The molecule has 0 aliphatic rings. The van der Waals surface area contributed by atoms with Crippen LogP contribution in [0.3, 0.4) is 0 Å². The molecule has 0 aliphatic carbocycles. The first kappa shape index (κ1) is 15.2. The lowest BCUT2D eigenvalue weighted by atomic mass is 9.85. The van der Waals surface area contributed by atoms with Crippen molar-refractivity contribution in [2.24, 2.45) is 5.92 Å². The summed E-state index contributed by atoms with van der Waals surface area (Å²) in [5.74, 6) is -0.683. The first-order chi connectivity index (χ1) is 10.1. The summed E-state index contributed by atoms with van der Waals surface area (Å²) in [5.41, 5.74) is 1.19. The van der Waals surface area contributed by atoms with E-state index in [4.69, 9.17) is 0 Å². The summed E-state index contributed by atoms with van der Waals surface area (Å²) < 4.78 is 13.7. The van der Waals surface area contributed by atoms with Gasteiger partial charge in [0, 0.05) is 0 Å². The van der Waals surface area contributed by atoms with Crippen molar-refractivity contribution in [1.29, 1.82) is 0 Å². The van der Waals surface area contributed by atoms with E-state index in [2.05, 4.69) is 12.2 Å². The molecule has 0 fully saturated rings. The Morgan fingerprint density at radius 2 is 1.71 bits per heavy atom. The maximum atomic E-state index is 13.7. The summed E-state index contributed by atoms with van der Waals surface area (Å²) >= 11 is 0. The van der Waals surface area contributed by atoms with Crippen LogP contribution in [0.4, 0.5) is 10.1 Å². The third-order valence-corrected chi connectivity index (χ3v) is 3.79. The molecule has 0 radical (unpaired) electrons. The lowest BCUT2D eigenvalue weighted by Gasteiger charge is -2.23. The molecule has 1 N–H and O–H groups in total. The Bertz CT molecular complexity index is 597. The molecule has 2 aromatic rings. The highest BCUT2D eigenvalue weighted by Crippen LogP contribution is 2.28. The molecule has 2 aromatic carbocycles. The van der Waals surface area contributed by atoms with Gasteiger partial charge in [0.05, 0.1) is 11.6 Å². The third-order valence-electron chi connectivity index (χ3n) is 3.79. The second kappa shape index (κ2) is 7.02. The molecule has 0 saturated carbocycles. The molecule has 21 heavy (non-hydrogen) atoms. The van der Waals surface area contributed by atoms with Crippen molar-refractivity contribution >= 4 is 11.6 Å². The molecule has 2 atom stereocenters. The van der Waals surface area contributed by atoms with E-state index in [-0.39, 0.29) is 23.4 Å². The van der Waals surface area contributed by atoms with E-state index in [1.807, 2.05) is 37.3 Å². The average Bonchev–Trinajstić information content (AvgIpc) is 2.50. The first-order valence-corrected chi connectivity index (χ1v) is 7.23. The number of amides is 1. The van der Waals surface area contributed by atoms with Crippen LogP contribution in [0.25, 0.3) is 0 Å². The van der Waals surface area contributed by atoms with E-state index in [0.717, 1.165) is 12.0 Å². The fourth-order valence-electron chi connectivity index (χ4n) is 2.41. The van der Waals surface area contributed by atoms with Gasteiger partial charge in [0.25, 0.3) is 0 Å². The molecule has 1 amide bonds. The van der Waals surface area contributed by atoms with Gasteiger partial charge in [-0.3, -0.25) is 4.79 Å². The predicted molar refractivity (Wildman–Crippen MR) is 83.7 cm³/mol. The minimum atomic E-state index is -0.415. The van der Waals surface area contributed by atoms with Crippen LogP contribution in [-0.2, 0) is 4.79 Å². The molecule has 0 spiro atoms. The largest absolute Gasteiger partial charge is 0.323 e. The van der Waals surface area contributed by atoms with Crippen LogP contribution in [0.5, 0.6) is 0 Å². The summed E-state index contributed by atoms with van der Waals surface area (Å²) in [4.78, 5) is 12.6. The number of halogens is 1. The molecule has 3 heteroatoms. The predicted octanol–water partition coefficient (Wildman–Crippen LogP) is 4.59. The van der Waals surface area contributed by atoms with E-state index < -0.39 is 5.82 Å². The number of nitrogens with one attached hydrogen (secondary N) is 1. The number of benzene rings is 2. The molecule has 2 nitrogen and oxygen atoms in total. The van der Waals surface area contributed by atoms with Crippen molar-refractivity contribution < 1.29 is 9.18 Å². The van der Waals surface area contributed by atoms with Gasteiger partial charge in [0.2, 0.25) is 5.91 Å². The highest BCUT2D eigenvalue weighted by molar-refractivity contribution is 5.96.